The van der Waals surface area contributed by atoms with E-state index in [9.17, 15) is 10.0 Å². The Kier molecular flexibility index (Phi) is 24.9. The van der Waals surface area contributed by atoms with Crippen molar-refractivity contribution >= 4 is 18.7 Å². The molecule has 0 saturated carbocycles. The summed E-state index contributed by atoms with van der Waals surface area (Å²) in [4.78, 5) is 0. The number of rotatable bonds is 3. The predicted octanol–water partition coefficient (Wildman–Crippen LogP) is -7.17. The minimum absolute atomic E-state index is 0. The quantitative estimate of drug-likeness (QED) is 0.309. The zero-order valence-corrected chi connectivity index (χ0v) is 10.6. The predicted molar refractivity (Wildman–Crippen MR) is 25.9 cm³/mol. The van der Waals surface area contributed by atoms with Gasteiger partial charge in [-0.1, -0.05) is 0 Å². The van der Waals surface area contributed by atoms with Crippen LogP contribution in [-0.4, -0.2) is 13.0 Å². The third-order valence-electron chi connectivity index (χ3n) is 0.573. The molecule has 0 N–H and O–H groups in total. The largest absolute Gasteiger partial charge is 1.00 e. The van der Waals surface area contributed by atoms with Crippen LogP contribution in [-0.2, 0) is 0 Å². The van der Waals surface area contributed by atoms with Crippen molar-refractivity contribution in [3.8, 4) is 0 Å². The van der Waals surface area contributed by atoms with Crippen LogP contribution in [0.4, 0.5) is 0 Å². The van der Waals surface area contributed by atoms with Gasteiger partial charge in [-0.15, -0.1) is 25.0 Å². The Morgan fingerprint density at radius 3 is 1.78 bits per heavy atom. The van der Waals surface area contributed by atoms with Crippen LogP contribution in [0, 0.1) is 0 Å². The van der Waals surface area contributed by atoms with Crippen LogP contribution in [0.2, 0.25) is 6.32 Å². The molecule has 2 nitrogen and oxygen atoms in total. The molecule has 0 amide bonds. The van der Waals surface area contributed by atoms with E-state index in [0.29, 0.717) is 12.3 Å². The molecule has 0 heterocycles. The van der Waals surface area contributed by atoms with Crippen molar-refractivity contribution in [3.05, 3.63) is 0 Å². The maximum absolute atomic E-state index is 9.67. The monoisotopic (exact) mass is 166 g/mol. The van der Waals surface area contributed by atoms with Gasteiger partial charge in [0.1, 0.15) is 0 Å². The van der Waals surface area contributed by atoms with Gasteiger partial charge in [0.05, 0.1) is 0 Å². The first-order valence-corrected chi connectivity index (χ1v) is 2.68. The molecule has 42 valence electrons. The summed E-state index contributed by atoms with van der Waals surface area (Å²) >= 11 is 5.17. The molecule has 0 aromatic rings. The summed E-state index contributed by atoms with van der Waals surface area (Å²) in [6.45, 7) is 0. The van der Waals surface area contributed by atoms with Crippen molar-refractivity contribution in [2.45, 2.75) is 12.7 Å². The molecule has 0 aliphatic rings. The average molecular weight is 166 g/mol. The summed E-state index contributed by atoms with van der Waals surface area (Å²) in [6, 6.07) is 0. The van der Waals surface area contributed by atoms with E-state index >= 15 is 0 Å². The summed E-state index contributed by atoms with van der Waals surface area (Å²) in [5.74, 6) is 0.418. The van der Waals surface area contributed by atoms with Gasteiger partial charge in [-0.3, -0.25) is 0 Å². The van der Waals surface area contributed by atoms with E-state index in [-0.39, 0.29) is 65.4 Å². The third-order valence-corrected chi connectivity index (χ3v) is 0.841. The molecule has 0 atom stereocenters. The van der Waals surface area contributed by atoms with Crippen molar-refractivity contribution in [2.24, 2.45) is 0 Å². The zero-order chi connectivity index (χ0) is 5.70. The van der Waals surface area contributed by atoms with Gasteiger partial charge in [0.15, 0.2) is 0 Å². The molecule has 0 unspecified atom stereocenters. The van der Waals surface area contributed by atoms with Crippen molar-refractivity contribution in [3.63, 3.8) is 0 Å². The number of alkyl halides is 1. The summed E-state index contributed by atoms with van der Waals surface area (Å²) < 4.78 is 0. The van der Waals surface area contributed by atoms with Crippen molar-refractivity contribution in [1.82, 2.24) is 0 Å². The Hall–Kier alpha value is 2.27. The normalized spacial score (nSPS) is 7.00. The minimum Gasteiger partial charge on any atom is -0.893 e. The van der Waals surface area contributed by atoms with Crippen LogP contribution in [0.15, 0.2) is 0 Å². The smallest absolute Gasteiger partial charge is 0.893 e. The number of hydrogen-bond donors (Lipinski definition) is 0. The molecule has 0 aliphatic heterocycles. The molecule has 0 rings (SSSR count). The maximum atomic E-state index is 9.67. The summed E-state index contributed by atoms with van der Waals surface area (Å²) in [7, 11) is -1.68. The van der Waals surface area contributed by atoms with Crippen LogP contribution in [0.25, 0.3) is 0 Å². The Morgan fingerprint density at radius 1 is 1.22 bits per heavy atom. The summed E-state index contributed by atoms with van der Waals surface area (Å²) in [5, 5.41) is 19.3. The van der Waals surface area contributed by atoms with Crippen LogP contribution < -0.4 is 69.2 Å². The fourth-order valence-electron chi connectivity index (χ4n) is 0.244. The van der Waals surface area contributed by atoms with E-state index in [0.717, 1.165) is 0 Å². The van der Waals surface area contributed by atoms with Gasteiger partial charge in [-0.05, 0) is 6.42 Å². The van der Waals surface area contributed by atoms with Gasteiger partial charge in [0, 0.05) is 5.88 Å². The van der Waals surface area contributed by atoms with Gasteiger partial charge in [-0.25, -0.2) is 0 Å². The van der Waals surface area contributed by atoms with Crippen LogP contribution in [0.3, 0.4) is 0 Å². The average Bonchev–Trinajstić information content (AvgIpc) is 1.61. The van der Waals surface area contributed by atoms with Gasteiger partial charge in [0.25, 0.3) is 0 Å². The van der Waals surface area contributed by atoms with Gasteiger partial charge >= 0.3 is 59.1 Å². The first kappa shape index (κ1) is 17.4. The molecule has 9 heavy (non-hydrogen) atoms. The van der Waals surface area contributed by atoms with Crippen LogP contribution >= 0.6 is 11.6 Å². The molecule has 0 aromatic heterocycles. The SMILES string of the molecule is [Na+].[Na+].[O-]B([O-])CCCCl. The Bertz CT molecular complexity index is 48.8. The Morgan fingerprint density at radius 2 is 1.67 bits per heavy atom. The molecule has 0 aliphatic carbocycles. The molecule has 0 radical (unpaired) electrons. The fourth-order valence-corrected chi connectivity index (χ4v) is 0.398. The van der Waals surface area contributed by atoms with Gasteiger partial charge < -0.3 is 10.0 Å². The van der Waals surface area contributed by atoms with E-state index in [1.165, 1.54) is 0 Å². The first-order valence-electron chi connectivity index (χ1n) is 2.15. The second kappa shape index (κ2) is 12.9. The van der Waals surface area contributed by atoms with E-state index in [1.807, 2.05) is 0 Å². The third kappa shape index (κ3) is 17.9. The zero-order valence-electron chi connectivity index (χ0n) is 5.89. The number of halogens is 1. The molecular formula is C3H6BClNa2O2. The Labute approximate surface area is 105 Å². The summed E-state index contributed by atoms with van der Waals surface area (Å²) in [5.41, 5.74) is 0. The second-order valence-electron chi connectivity index (χ2n) is 1.26. The molecule has 0 aromatic carbocycles. The van der Waals surface area contributed by atoms with E-state index in [2.05, 4.69) is 0 Å². The fraction of sp³-hybridized carbons (Fsp3) is 1.00. The van der Waals surface area contributed by atoms with E-state index in [4.69, 9.17) is 11.6 Å². The summed E-state index contributed by atoms with van der Waals surface area (Å²) in [6.07, 6.45) is 0.697. The molecule has 0 spiro atoms. The van der Waals surface area contributed by atoms with Crippen molar-refractivity contribution < 1.29 is 69.2 Å². The standard InChI is InChI=1S/C3H6BClO2.2Na/c5-3-1-2-4(6)7;;/h1-3H2;;/q-2;2*+1. The van der Waals surface area contributed by atoms with E-state index < -0.39 is 7.12 Å². The molecule has 0 saturated heterocycles. The maximum Gasteiger partial charge on any atom is 1.00 e. The second-order valence-corrected chi connectivity index (χ2v) is 1.64. The number of hydrogen-bond acceptors (Lipinski definition) is 2. The first-order chi connectivity index (χ1) is 3.27. The van der Waals surface area contributed by atoms with Crippen molar-refractivity contribution in [2.75, 3.05) is 5.88 Å². The molecule has 6 heteroatoms. The Balaban J connectivity index is -0.000000180. The molecule has 0 fully saturated rings. The molecular weight excluding hydrogens is 160 g/mol. The van der Waals surface area contributed by atoms with Gasteiger partial charge in [-0.2, -0.15) is 0 Å². The topological polar surface area (TPSA) is 46.1 Å². The van der Waals surface area contributed by atoms with E-state index in [1.54, 1.807) is 0 Å². The van der Waals surface area contributed by atoms with Crippen LogP contribution in [0.5, 0.6) is 0 Å². The van der Waals surface area contributed by atoms with Gasteiger partial charge in [0.2, 0.25) is 0 Å². The minimum atomic E-state index is -1.68. The van der Waals surface area contributed by atoms with Crippen molar-refractivity contribution in [1.29, 1.82) is 0 Å². The van der Waals surface area contributed by atoms with Crippen LogP contribution in [0.1, 0.15) is 6.42 Å². The molecule has 0 bridgehead atoms.